The van der Waals surface area contributed by atoms with Gasteiger partial charge in [0.1, 0.15) is 5.56 Å². The summed E-state index contributed by atoms with van der Waals surface area (Å²) < 4.78 is 5.05. The third-order valence-electron chi connectivity index (χ3n) is 3.60. The van der Waals surface area contributed by atoms with Gasteiger partial charge in [-0.25, -0.2) is 4.79 Å². The van der Waals surface area contributed by atoms with E-state index in [9.17, 15) is 19.7 Å². The van der Waals surface area contributed by atoms with Gasteiger partial charge in [-0.2, -0.15) is 0 Å². The Hall–Kier alpha value is -3.22. The predicted octanol–water partition coefficient (Wildman–Crippen LogP) is 3.34. The largest absolute Gasteiger partial charge is 0.449 e. The van der Waals surface area contributed by atoms with E-state index in [1.54, 1.807) is 12.1 Å². The van der Waals surface area contributed by atoms with Crippen molar-refractivity contribution in [1.29, 1.82) is 0 Å². The van der Waals surface area contributed by atoms with Crippen LogP contribution in [0.2, 0.25) is 0 Å². The Morgan fingerprint density at radius 3 is 2.40 bits per heavy atom. The van der Waals surface area contributed by atoms with E-state index in [-0.39, 0.29) is 11.3 Å². The highest BCUT2D eigenvalue weighted by Crippen LogP contribution is 2.19. The average Bonchev–Trinajstić information content (AvgIpc) is 2.62. The van der Waals surface area contributed by atoms with Crippen molar-refractivity contribution in [3.8, 4) is 0 Å². The van der Waals surface area contributed by atoms with Gasteiger partial charge in [0.15, 0.2) is 6.10 Å². The monoisotopic (exact) mass is 342 g/mol. The van der Waals surface area contributed by atoms with Crippen LogP contribution in [0, 0.1) is 10.1 Å². The average molecular weight is 342 g/mol. The number of nitro benzene ring substituents is 1. The van der Waals surface area contributed by atoms with Crippen molar-refractivity contribution in [2.24, 2.45) is 0 Å². The first-order chi connectivity index (χ1) is 11.9. The quantitative estimate of drug-likeness (QED) is 0.493. The van der Waals surface area contributed by atoms with E-state index in [0.717, 1.165) is 12.0 Å². The Bertz CT molecular complexity index is 786. The molecule has 0 fully saturated rings. The Morgan fingerprint density at radius 2 is 1.80 bits per heavy atom. The second kappa shape index (κ2) is 8.05. The summed E-state index contributed by atoms with van der Waals surface area (Å²) in [6.45, 7) is 3.43. The van der Waals surface area contributed by atoms with Gasteiger partial charge in [0.25, 0.3) is 11.6 Å². The normalized spacial score (nSPS) is 11.4. The molecule has 0 aliphatic heterocycles. The number of nitro groups is 1. The number of carbonyl (C=O) groups excluding carboxylic acids is 2. The molecule has 1 atom stereocenters. The van der Waals surface area contributed by atoms with Gasteiger partial charge < -0.3 is 10.1 Å². The van der Waals surface area contributed by atoms with Crippen LogP contribution in [0.1, 0.15) is 29.8 Å². The van der Waals surface area contributed by atoms with Crippen LogP contribution in [0.4, 0.5) is 11.4 Å². The second-order valence-corrected chi connectivity index (χ2v) is 5.36. The molecule has 7 heteroatoms. The Kier molecular flexibility index (Phi) is 5.84. The zero-order chi connectivity index (χ0) is 18.4. The van der Waals surface area contributed by atoms with E-state index in [0.29, 0.717) is 5.69 Å². The predicted molar refractivity (Wildman–Crippen MR) is 92.4 cm³/mol. The molecular formula is C18H18N2O5. The summed E-state index contributed by atoms with van der Waals surface area (Å²) in [5, 5.41) is 13.6. The lowest BCUT2D eigenvalue weighted by Crippen LogP contribution is -2.30. The number of esters is 1. The number of aryl methyl sites for hydroxylation is 1. The van der Waals surface area contributed by atoms with Gasteiger partial charge in [-0.05, 0) is 37.1 Å². The maximum Gasteiger partial charge on any atom is 0.345 e. The molecule has 0 spiro atoms. The standard InChI is InChI=1S/C18H18N2O5/c1-3-13-8-10-14(11-9-13)19-17(21)12(2)25-18(22)15-6-4-5-7-16(15)20(23)24/h4-12H,3H2,1-2H3,(H,19,21). The number of amides is 1. The van der Waals surface area contributed by atoms with Gasteiger partial charge >= 0.3 is 5.97 Å². The molecule has 0 bridgehead atoms. The van der Waals surface area contributed by atoms with E-state index in [2.05, 4.69) is 5.32 Å². The zero-order valence-electron chi connectivity index (χ0n) is 13.9. The minimum Gasteiger partial charge on any atom is -0.449 e. The molecule has 0 radical (unpaired) electrons. The maximum atomic E-state index is 12.1. The Labute approximate surface area is 144 Å². The van der Waals surface area contributed by atoms with Crippen molar-refractivity contribution in [3.63, 3.8) is 0 Å². The molecule has 0 aliphatic carbocycles. The number of anilines is 1. The molecule has 0 aromatic heterocycles. The van der Waals surface area contributed by atoms with Gasteiger partial charge in [-0.1, -0.05) is 31.2 Å². The number of nitrogens with one attached hydrogen (secondary N) is 1. The van der Waals surface area contributed by atoms with Gasteiger partial charge in [0.2, 0.25) is 0 Å². The van der Waals surface area contributed by atoms with E-state index in [1.807, 2.05) is 19.1 Å². The van der Waals surface area contributed by atoms with Crippen LogP contribution >= 0.6 is 0 Å². The fraction of sp³-hybridized carbons (Fsp3) is 0.222. The molecule has 0 heterocycles. The highest BCUT2D eigenvalue weighted by molar-refractivity contribution is 5.98. The number of rotatable bonds is 6. The van der Waals surface area contributed by atoms with Crippen molar-refractivity contribution in [2.45, 2.75) is 26.4 Å². The van der Waals surface area contributed by atoms with Gasteiger partial charge in [-0.15, -0.1) is 0 Å². The van der Waals surface area contributed by atoms with Gasteiger partial charge in [0, 0.05) is 11.8 Å². The SMILES string of the molecule is CCc1ccc(NC(=O)C(C)OC(=O)c2ccccc2[N+](=O)[O-])cc1. The van der Waals surface area contributed by atoms with Crippen LogP contribution < -0.4 is 5.32 Å². The van der Waals surface area contributed by atoms with Crippen molar-refractivity contribution in [3.05, 3.63) is 69.8 Å². The smallest absolute Gasteiger partial charge is 0.345 e. The number of carbonyl (C=O) groups is 2. The molecule has 0 saturated heterocycles. The first-order valence-corrected chi connectivity index (χ1v) is 7.76. The number of nitrogens with zero attached hydrogens (tertiary/aromatic N) is 1. The Morgan fingerprint density at radius 1 is 1.16 bits per heavy atom. The van der Waals surface area contributed by atoms with Crippen LogP contribution in [-0.2, 0) is 16.0 Å². The van der Waals surface area contributed by atoms with Crippen LogP contribution in [-0.4, -0.2) is 22.9 Å². The maximum absolute atomic E-state index is 12.1. The lowest BCUT2D eigenvalue weighted by molar-refractivity contribution is -0.385. The van der Waals surface area contributed by atoms with Crippen LogP contribution in [0.15, 0.2) is 48.5 Å². The molecule has 1 unspecified atom stereocenters. The molecule has 7 nitrogen and oxygen atoms in total. The number of benzene rings is 2. The molecule has 0 aliphatic rings. The van der Waals surface area contributed by atoms with E-state index in [4.69, 9.17) is 4.74 Å². The van der Waals surface area contributed by atoms with Crippen LogP contribution in [0.5, 0.6) is 0 Å². The highest BCUT2D eigenvalue weighted by atomic mass is 16.6. The third kappa shape index (κ3) is 4.63. The van der Waals surface area contributed by atoms with E-state index < -0.39 is 22.9 Å². The van der Waals surface area contributed by atoms with Crippen molar-refractivity contribution in [1.82, 2.24) is 0 Å². The summed E-state index contributed by atoms with van der Waals surface area (Å²) in [4.78, 5) is 34.5. The van der Waals surface area contributed by atoms with E-state index >= 15 is 0 Å². The minimum absolute atomic E-state index is 0.195. The summed E-state index contributed by atoms with van der Waals surface area (Å²) in [6, 6.07) is 12.7. The van der Waals surface area contributed by atoms with Crippen LogP contribution in [0.3, 0.4) is 0 Å². The third-order valence-corrected chi connectivity index (χ3v) is 3.60. The Balaban J connectivity index is 2.03. The summed E-state index contributed by atoms with van der Waals surface area (Å²) in [5.41, 5.74) is 1.15. The van der Waals surface area contributed by atoms with Crippen molar-refractivity contribution < 1.29 is 19.2 Å². The van der Waals surface area contributed by atoms with Gasteiger partial charge in [-0.3, -0.25) is 14.9 Å². The lowest BCUT2D eigenvalue weighted by atomic mass is 10.1. The molecule has 0 saturated carbocycles. The molecule has 1 N–H and O–H groups in total. The molecular weight excluding hydrogens is 324 g/mol. The molecule has 1 amide bonds. The zero-order valence-corrected chi connectivity index (χ0v) is 13.9. The van der Waals surface area contributed by atoms with Gasteiger partial charge in [0.05, 0.1) is 4.92 Å². The topological polar surface area (TPSA) is 98.5 Å². The summed E-state index contributed by atoms with van der Waals surface area (Å²) in [6.07, 6.45) is -0.212. The van der Waals surface area contributed by atoms with Crippen molar-refractivity contribution >= 4 is 23.3 Å². The van der Waals surface area contributed by atoms with Crippen molar-refractivity contribution in [2.75, 3.05) is 5.32 Å². The first-order valence-electron chi connectivity index (χ1n) is 7.76. The minimum atomic E-state index is -1.10. The molecule has 2 aromatic rings. The fourth-order valence-corrected chi connectivity index (χ4v) is 2.15. The fourth-order valence-electron chi connectivity index (χ4n) is 2.15. The summed E-state index contributed by atoms with van der Waals surface area (Å²) in [5.74, 6) is -1.44. The summed E-state index contributed by atoms with van der Waals surface area (Å²) in [7, 11) is 0. The van der Waals surface area contributed by atoms with Crippen LogP contribution in [0.25, 0.3) is 0 Å². The molecule has 2 rings (SSSR count). The van der Waals surface area contributed by atoms with E-state index in [1.165, 1.54) is 31.2 Å². The summed E-state index contributed by atoms with van der Waals surface area (Å²) >= 11 is 0. The lowest BCUT2D eigenvalue weighted by Gasteiger charge is -2.13. The second-order valence-electron chi connectivity index (χ2n) is 5.36. The first kappa shape index (κ1) is 18.1. The number of para-hydroxylation sites is 1. The molecule has 2 aromatic carbocycles. The number of ether oxygens (including phenoxy) is 1. The highest BCUT2D eigenvalue weighted by Gasteiger charge is 2.24. The number of hydrogen-bond acceptors (Lipinski definition) is 5. The number of hydrogen-bond donors (Lipinski definition) is 1. The molecule has 25 heavy (non-hydrogen) atoms. The molecule has 130 valence electrons.